The van der Waals surface area contributed by atoms with Crippen LogP contribution in [0, 0.1) is 0 Å². The van der Waals surface area contributed by atoms with Gasteiger partial charge in [0.05, 0.1) is 27.7 Å². The Labute approximate surface area is 440 Å². The number of hydrogen-bond acceptors (Lipinski definition) is 8. The van der Waals surface area contributed by atoms with Crippen LogP contribution in [-0.4, -0.2) is 70.0 Å². The summed E-state index contributed by atoms with van der Waals surface area (Å²) in [7, 11) is 1.17. The lowest BCUT2D eigenvalue weighted by molar-refractivity contribution is -0.870. The SMILES string of the molecule is CCCC/C=C\C/C=C\CCCCCCCC(=O)OC(COC(=O)CCCCCCCCCCCCCCCCCCCCCCCCCCCCCCCCCCC)COP(=O)([O-])OCC[N+](C)(C)C. The number of quaternary nitrogens is 1. The van der Waals surface area contributed by atoms with Crippen molar-refractivity contribution in [1.29, 1.82) is 0 Å². The van der Waals surface area contributed by atoms with Gasteiger partial charge >= 0.3 is 11.9 Å². The number of unbranched alkanes of at least 4 members (excludes halogenated alkanes) is 39. The van der Waals surface area contributed by atoms with E-state index in [1.807, 2.05) is 21.1 Å². The lowest BCUT2D eigenvalue weighted by Crippen LogP contribution is -2.37. The molecule has 10 heteroatoms. The normalized spacial score (nSPS) is 13.4. The molecular weight excluding hydrogens is 906 g/mol. The number of nitrogens with zero attached hydrogens (tertiary/aromatic N) is 1. The second-order valence-corrected chi connectivity index (χ2v) is 23.5. The van der Waals surface area contributed by atoms with Gasteiger partial charge in [-0.05, 0) is 38.5 Å². The molecule has 0 rings (SSSR count). The third kappa shape index (κ3) is 57.6. The molecule has 0 saturated carbocycles. The zero-order valence-electron chi connectivity index (χ0n) is 47.7. The van der Waals surface area contributed by atoms with Gasteiger partial charge < -0.3 is 27.9 Å². The van der Waals surface area contributed by atoms with Crippen LogP contribution in [0.2, 0.25) is 0 Å². The summed E-state index contributed by atoms with van der Waals surface area (Å²) in [6.45, 7) is 4.22. The van der Waals surface area contributed by atoms with Crippen LogP contribution >= 0.6 is 7.82 Å². The molecule has 71 heavy (non-hydrogen) atoms. The van der Waals surface area contributed by atoms with E-state index in [1.54, 1.807) is 0 Å². The molecule has 0 spiro atoms. The van der Waals surface area contributed by atoms with Crippen LogP contribution in [0.3, 0.4) is 0 Å². The third-order valence-corrected chi connectivity index (χ3v) is 14.7. The van der Waals surface area contributed by atoms with Crippen LogP contribution < -0.4 is 4.89 Å². The monoisotopic (exact) mass is 1020 g/mol. The molecule has 0 fully saturated rings. The number of carbonyl (C=O) groups excluding carboxylic acids is 2. The van der Waals surface area contributed by atoms with Crippen LogP contribution in [0.1, 0.15) is 303 Å². The largest absolute Gasteiger partial charge is 0.756 e. The molecule has 0 aliphatic rings. The van der Waals surface area contributed by atoms with Gasteiger partial charge in [-0.1, -0.05) is 276 Å². The number of carbonyl (C=O) groups is 2. The highest BCUT2D eigenvalue weighted by Crippen LogP contribution is 2.38. The van der Waals surface area contributed by atoms with E-state index in [1.165, 1.54) is 205 Å². The average molecular weight is 1020 g/mol. The summed E-state index contributed by atoms with van der Waals surface area (Å²) in [6, 6.07) is 0. The molecule has 0 aliphatic heterocycles. The van der Waals surface area contributed by atoms with E-state index >= 15 is 0 Å². The number of likely N-dealkylation sites (N-methyl/N-ethyl adjacent to an activating group) is 1. The number of esters is 2. The summed E-state index contributed by atoms with van der Waals surface area (Å²) in [6.07, 6.45) is 64.0. The predicted molar refractivity (Wildman–Crippen MR) is 301 cm³/mol. The smallest absolute Gasteiger partial charge is 0.306 e. The number of hydrogen-bond donors (Lipinski definition) is 0. The first-order chi connectivity index (χ1) is 34.5. The molecule has 0 radical (unpaired) electrons. The van der Waals surface area contributed by atoms with Crippen molar-refractivity contribution in [1.82, 2.24) is 0 Å². The second-order valence-electron chi connectivity index (χ2n) is 22.1. The molecule has 420 valence electrons. The lowest BCUT2D eigenvalue weighted by atomic mass is 10.0. The van der Waals surface area contributed by atoms with Gasteiger partial charge in [0.15, 0.2) is 6.10 Å². The number of ether oxygens (including phenoxy) is 2. The van der Waals surface area contributed by atoms with Crippen molar-refractivity contribution in [2.45, 2.75) is 309 Å². The van der Waals surface area contributed by atoms with E-state index in [0.29, 0.717) is 17.4 Å². The van der Waals surface area contributed by atoms with Gasteiger partial charge in [0.2, 0.25) is 0 Å². The zero-order valence-corrected chi connectivity index (χ0v) is 48.6. The Morgan fingerprint density at radius 3 is 1.15 bits per heavy atom. The fourth-order valence-corrected chi connectivity index (χ4v) is 9.70. The zero-order chi connectivity index (χ0) is 52.0. The molecule has 0 heterocycles. The van der Waals surface area contributed by atoms with Crippen LogP contribution in [-0.2, 0) is 32.7 Å². The summed E-state index contributed by atoms with van der Waals surface area (Å²) >= 11 is 0. The molecule has 0 aromatic heterocycles. The van der Waals surface area contributed by atoms with Crippen LogP contribution in [0.5, 0.6) is 0 Å². The van der Waals surface area contributed by atoms with Crippen molar-refractivity contribution in [2.75, 3.05) is 47.5 Å². The summed E-state index contributed by atoms with van der Waals surface area (Å²) in [5, 5.41) is 0. The molecule has 0 aliphatic carbocycles. The maximum absolute atomic E-state index is 12.7. The number of phosphoric acid groups is 1. The van der Waals surface area contributed by atoms with Gasteiger partial charge in [0, 0.05) is 12.8 Å². The Hall–Kier alpha value is -1.51. The lowest BCUT2D eigenvalue weighted by Gasteiger charge is -2.28. The minimum absolute atomic E-state index is 0.0315. The Balaban J connectivity index is 3.93. The first-order valence-corrected chi connectivity index (χ1v) is 32.0. The van der Waals surface area contributed by atoms with Crippen molar-refractivity contribution in [3.63, 3.8) is 0 Å². The van der Waals surface area contributed by atoms with E-state index in [0.717, 1.165) is 64.2 Å². The highest BCUT2D eigenvalue weighted by atomic mass is 31.2. The van der Waals surface area contributed by atoms with E-state index in [9.17, 15) is 19.0 Å². The maximum atomic E-state index is 12.7. The summed E-state index contributed by atoms with van der Waals surface area (Å²) in [5.41, 5.74) is 0. The number of phosphoric ester groups is 1. The molecule has 2 unspecified atom stereocenters. The van der Waals surface area contributed by atoms with Crippen molar-refractivity contribution in [2.24, 2.45) is 0 Å². The standard InChI is InChI=1S/C61H118NO8P/c1-6-8-10-12-14-16-18-20-22-23-24-25-26-27-28-29-30-31-32-33-34-35-36-37-38-39-40-42-43-45-47-49-51-53-60(63)67-57-59(58-69-71(65,66)68-56-55-62(3,4)5)70-61(64)54-52-50-48-46-44-41-21-19-17-15-13-11-9-7-2/h13,15,19,21,59H,6-12,14,16-18,20,22-58H2,1-5H3/b15-13-,21-19-. The first-order valence-electron chi connectivity index (χ1n) is 30.5. The third-order valence-electron chi connectivity index (χ3n) is 13.7. The van der Waals surface area contributed by atoms with Crippen LogP contribution in [0.25, 0.3) is 0 Å². The van der Waals surface area contributed by atoms with Crippen molar-refractivity contribution < 1.29 is 42.1 Å². The average Bonchev–Trinajstić information content (AvgIpc) is 3.33. The van der Waals surface area contributed by atoms with Gasteiger partial charge in [0.25, 0.3) is 7.82 Å². The molecule has 0 saturated heterocycles. The Kier molecular flexibility index (Phi) is 52.2. The predicted octanol–water partition coefficient (Wildman–Crippen LogP) is 18.4. The van der Waals surface area contributed by atoms with Gasteiger partial charge in [0.1, 0.15) is 19.8 Å². The van der Waals surface area contributed by atoms with Crippen molar-refractivity contribution in [3.05, 3.63) is 24.3 Å². The Bertz CT molecular complexity index is 1250. The first kappa shape index (κ1) is 69.5. The molecule has 2 atom stereocenters. The van der Waals surface area contributed by atoms with E-state index in [-0.39, 0.29) is 32.0 Å². The highest BCUT2D eigenvalue weighted by Gasteiger charge is 2.22. The molecule has 0 aromatic rings. The van der Waals surface area contributed by atoms with Crippen molar-refractivity contribution in [3.8, 4) is 0 Å². The fraction of sp³-hybridized carbons (Fsp3) is 0.902. The molecule has 0 amide bonds. The van der Waals surface area contributed by atoms with Crippen LogP contribution in [0.15, 0.2) is 24.3 Å². The summed E-state index contributed by atoms with van der Waals surface area (Å²) < 4.78 is 34.1. The van der Waals surface area contributed by atoms with Crippen molar-refractivity contribution >= 4 is 19.8 Å². The van der Waals surface area contributed by atoms with Crippen LogP contribution in [0.4, 0.5) is 0 Å². The summed E-state index contributed by atoms with van der Waals surface area (Å²) in [5.74, 6) is -0.836. The second kappa shape index (κ2) is 53.3. The molecule has 0 N–H and O–H groups in total. The van der Waals surface area contributed by atoms with E-state index in [4.69, 9.17) is 18.5 Å². The van der Waals surface area contributed by atoms with Gasteiger partial charge in [-0.3, -0.25) is 14.2 Å². The molecule has 0 bridgehead atoms. The van der Waals surface area contributed by atoms with E-state index in [2.05, 4.69) is 38.2 Å². The molecular formula is C61H118NO8P. The minimum Gasteiger partial charge on any atom is -0.756 e. The minimum atomic E-state index is -4.63. The Morgan fingerprint density at radius 1 is 0.437 bits per heavy atom. The quantitative estimate of drug-likeness (QED) is 0.0195. The number of allylic oxidation sites excluding steroid dienone is 4. The van der Waals surface area contributed by atoms with Gasteiger partial charge in [-0.15, -0.1) is 0 Å². The maximum Gasteiger partial charge on any atom is 0.306 e. The molecule has 9 nitrogen and oxygen atoms in total. The van der Waals surface area contributed by atoms with E-state index < -0.39 is 26.5 Å². The Morgan fingerprint density at radius 2 is 0.775 bits per heavy atom. The number of rotatable bonds is 57. The highest BCUT2D eigenvalue weighted by molar-refractivity contribution is 7.45. The summed E-state index contributed by atoms with van der Waals surface area (Å²) in [4.78, 5) is 37.8. The fourth-order valence-electron chi connectivity index (χ4n) is 8.97. The van der Waals surface area contributed by atoms with Gasteiger partial charge in [-0.2, -0.15) is 0 Å². The molecule has 0 aromatic carbocycles. The van der Waals surface area contributed by atoms with Gasteiger partial charge in [-0.25, -0.2) is 0 Å². The topological polar surface area (TPSA) is 111 Å².